The van der Waals surface area contributed by atoms with Crippen molar-refractivity contribution < 1.29 is 24.5 Å². The number of benzene rings is 1. The minimum absolute atomic E-state index is 0.0160. The monoisotopic (exact) mass is 366 g/mol. The molecule has 7 nitrogen and oxygen atoms in total. The Kier molecular flexibility index (Phi) is 8.31. The molecule has 1 atom stereocenters. The lowest BCUT2D eigenvalue weighted by Crippen LogP contribution is -2.53. The van der Waals surface area contributed by atoms with Gasteiger partial charge in [0.15, 0.2) is 0 Å². The summed E-state index contributed by atoms with van der Waals surface area (Å²) in [6, 6.07) is 7.85. The van der Waals surface area contributed by atoms with Crippen LogP contribution < -0.4 is 10.1 Å². The molecule has 1 aliphatic heterocycles. The van der Waals surface area contributed by atoms with Crippen LogP contribution in [-0.2, 0) is 16.1 Å². The van der Waals surface area contributed by atoms with E-state index in [0.717, 1.165) is 30.7 Å². The van der Waals surface area contributed by atoms with Crippen molar-refractivity contribution in [2.24, 2.45) is 0 Å². The first-order valence-corrected chi connectivity index (χ1v) is 9.14. The molecule has 0 bridgehead atoms. The Balaban J connectivity index is 1.86. The SMILES string of the molecule is C[C@]1(C(=O)NCCO)CCCN1Cc1ccc(OCCOCCO)cc1. The molecule has 0 aromatic heterocycles. The van der Waals surface area contributed by atoms with E-state index in [4.69, 9.17) is 19.7 Å². The summed E-state index contributed by atoms with van der Waals surface area (Å²) in [5.74, 6) is 0.748. The molecular weight excluding hydrogens is 336 g/mol. The molecule has 1 aromatic rings. The number of carbonyl (C=O) groups excluding carboxylic acids is 1. The van der Waals surface area contributed by atoms with Crippen LogP contribution in [0, 0.1) is 0 Å². The molecule has 7 heteroatoms. The van der Waals surface area contributed by atoms with E-state index in [9.17, 15) is 4.79 Å². The van der Waals surface area contributed by atoms with Crippen LogP contribution in [0.2, 0.25) is 0 Å². The lowest BCUT2D eigenvalue weighted by molar-refractivity contribution is -0.131. The van der Waals surface area contributed by atoms with Crippen LogP contribution in [0.1, 0.15) is 25.3 Å². The van der Waals surface area contributed by atoms with Crippen LogP contribution in [-0.4, -0.2) is 72.7 Å². The fourth-order valence-electron chi connectivity index (χ4n) is 3.19. The van der Waals surface area contributed by atoms with Gasteiger partial charge in [-0.15, -0.1) is 0 Å². The summed E-state index contributed by atoms with van der Waals surface area (Å²) < 4.78 is 10.7. The average molecular weight is 366 g/mol. The van der Waals surface area contributed by atoms with Crippen LogP contribution in [0.4, 0.5) is 0 Å². The van der Waals surface area contributed by atoms with Crippen LogP contribution in [0.15, 0.2) is 24.3 Å². The molecule has 0 spiro atoms. The van der Waals surface area contributed by atoms with E-state index < -0.39 is 5.54 Å². The van der Waals surface area contributed by atoms with E-state index in [1.165, 1.54) is 0 Å². The van der Waals surface area contributed by atoms with Gasteiger partial charge in [0.2, 0.25) is 5.91 Å². The Morgan fingerprint density at radius 3 is 2.65 bits per heavy atom. The number of nitrogens with zero attached hydrogens (tertiary/aromatic N) is 1. The van der Waals surface area contributed by atoms with E-state index in [2.05, 4.69) is 10.2 Å². The summed E-state index contributed by atoms with van der Waals surface area (Å²) >= 11 is 0. The molecular formula is C19H30N2O5. The number of ether oxygens (including phenoxy) is 2. The second-order valence-electron chi connectivity index (χ2n) is 6.61. The summed E-state index contributed by atoms with van der Waals surface area (Å²) in [4.78, 5) is 14.7. The normalized spacial score (nSPS) is 20.3. The number of carbonyl (C=O) groups is 1. The van der Waals surface area contributed by atoms with Crippen LogP contribution in [0.3, 0.4) is 0 Å². The maximum atomic E-state index is 12.5. The van der Waals surface area contributed by atoms with Gasteiger partial charge in [0.1, 0.15) is 12.4 Å². The van der Waals surface area contributed by atoms with Crippen molar-refractivity contribution in [3.05, 3.63) is 29.8 Å². The van der Waals surface area contributed by atoms with Crippen molar-refractivity contribution in [2.75, 3.05) is 46.1 Å². The number of aliphatic hydroxyl groups is 2. The van der Waals surface area contributed by atoms with Crippen LogP contribution in [0.5, 0.6) is 5.75 Å². The van der Waals surface area contributed by atoms with Gasteiger partial charge in [0, 0.05) is 13.1 Å². The van der Waals surface area contributed by atoms with Gasteiger partial charge in [0.05, 0.1) is 32.0 Å². The molecule has 1 fully saturated rings. The molecule has 0 radical (unpaired) electrons. The second-order valence-corrected chi connectivity index (χ2v) is 6.61. The van der Waals surface area contributed by atoms with Gasteiger partial charge in [0.25, 0.3) is 0 Å². The number of amides is 1. The molecule has 2 rings (SSSR count). The topological polar surface area (TPSA) is 91.3 Å². The largest absolute Gasteiger partial charge is 0.491 e. The van der Waals surface area contributed by atoms with Gasteiger partial charge < -0.3 is 25.0 Å². The van der Waals surface area contributed by atoms with E-state index in [-0.39, 0.29) is 25.7 Å². The quantitative estimate of drug-likeness (QED) is 0.495. The molecule has 146 valence electrons. The van der Waals surface area contributed by atoms with Crippen LogP contribution >= 0.6 is 0 Å². The molecule has 0 aliphatic carbocycles. The first-order valence-electron chi connectivity index (χ1n) is 9.14. The van der Waals surface area contributed by atoms with Gasteiger partial charge in [-0.2, -0.15) is 0 Å². The summed E-state index contributed by atoms with van der Waals surface area (Å²) in [5, 5.41) is 20.4. The molecule has 1 amide bonds. The molecule has 1 aromatic carbocycles. The van der Waals surface area contributed by atoms with Gasteiger partial charge >= 0.3 is 0 Å². The third kappa shape index (κ3) is 5.67. The van der Waals surface area contributed by atoms with Crippen molar-refractivity contribution in [1.29, 1.82) is 0 Å². The maximum Gasteiger partial charge on any atom is 0.240 e. The fourth-order valence-corrected chi connectivity index (χ4v) is 3.19. The average Bonchev–Trinajstić information content (AvgIpc) is 3.02. The zero-order valence-electron chi connectivity index (χ0n) is 15.4. The fraction of sp³-hybridized carbons (Fsp3) is 0.632. The zero-order valence-corrected chi connectivity index (χ0v) is 15.4. The van der Waals surface area contributed by atoms with Gasteiger partial charge in [-0.3, -0.25) is 9.69 Å². The number of hydrogen-bond donors (Lipinski definition) is 3. The smallest absolute Gasteiger partial charge is 0.240 e. The lowest BCUT2D eigenvalue weighted by Gasteiger charge is -2.34. The van der Waals surface area contributed by atoms with Crippen molar-refractivity contribution in [3.63, 3.8) is 0 Å². The van der Waals surface area contributed by atoms with Crippen molar-refractivity contribution >= 4 is 5.91 Å². The molecule has 1 saturated heterocycles. The number of likely N-dealkylation sites (tertiary alicyclic amines) is 1. The maximum absolute atomic E-state index is 12.5. The van der Waals surface area contributed by atoms with E-state index in [1.54, 1.807) is 0 Å². The highest BCUT2D eigenvalue weighted by Crippen LogP contribution is 2.31. The Morgan fingerprint density at radius 2 is 1.96 bits per heavy atom. The highest BCUT2D eigenvalue weighted by Gasteiger charge is 2.42. The number of nitrogens with one attached hydrogen (secondary N) is 1. The third-order valence-electron chi connectivity index (χ3n) is 4.70. The Labute approximate surface area is 154 Å². The Bertz CT molecular complexity index is 551. The Hall–Kier alpha value is -1.67. The molecule has 26 heavy (non-hydrogen) atoms. The standard InChI is InChI=1S/C19H30N2O5/c1-19(18(24)20-8-10-22)7-2-9-21(19)15-16-3-5-17(6-4-16)26-14-13-25-12-11-23/h3-6,22-23H,2,7-15H2,1H3,(H,20,24)/t19-/m1/s1. The molecule has 1 heterocycles. The van der Waals surface area contributed by atoms with Crippen molar-refractivity contribution in [2.45, 2.75) is 31.8 Å². The zero-order chi connectivity index (χ0) is 18.8. The molecule has 1 aliphatic rings. The number of aliphatic hydroxyl groups excluding tert-OH is 2. The van der Waals surface area contributed by atoms with E-state index in [1.807, 2.05) is 31.2 Å². The molecule has 0 saturated carbocycles. The summed E-state index contributed by atoms with van der Waals surface area (Å²) in [6.07, 6.45) is 1.80. The Morgan fingerprint density at radius 1 is 1.19 bits per heavy atom. The van der Waals surface area contributed by atoms with Gasteiger partial charge in [-0.1, -0.05) is 12.1 Å². The van der Waals surface area contributed by atoms with Gasteiger partial charge in [-0.05, 0) is 44.0 Å². The summed E-state index contributed by atoms with van der Waals surface area (Å²) in [7, 11) is 0. The number of rotatable bonds is 11. The minimum atomic E-state index is -0.533. The highest BCUT2D eigenvalue weighted by atomic mass is 16.5. The summed E-state index contributed by atoms with van der Waals surface area (Å²) in [6.45, 7) is 5.00. The third-order valence-corrected chi connectivity index (χ3v) is 4.70. The van der Waals surface area contributed by atoms with Crippen molar-refractivity contribution in [1.82, 2.24) is 10.2 Å². The van der Waals surface area contributed by atoms with E-state index >= 15 is 0 Å². The molecule has 0 unspecified atom stereocenters. The first-order chi connectivity index (χ1) is 12.6. The number of hydrogen-bond acceptors (Lipinski definition) is 6. The molecule has 3 N–H and O–H groups in total. The predicted octanol–water partition coefficient (Wildman–Crippen LogP) is 0.537. The first kappa shape index (κ1) is 20.6. The summed E-state index contributed by atoms with van der Waals surface area (Å²) in [5.41, 5.74) is 0.589. The minimum Gasteiger partial charge on any atom is -0.491 e. The van der Waals surface area contributed by atoms with Crippen molar-refractivity contribution in [3.8, 4) is 5.75 Å². The van der Waals surface area contributed by atoms with Crippen LogP contribution in [0.25, 0.3) is 0 Å². The van der Waals surface area contributed by atoms with E-state index in [0.29, 0.717) is 26.4 Å². The second kappa shape index (κ2) is 10.5. The van der Waals surface area contributed by atoms with Gasteiger partial charge in [-0.25, -0.2) is 0 Å². The highest BCUT2D eigenvalue weighted by molar-refractivity contribution is 5.86. The lowest BCUT2D eigenvalue weighted by atomic mass is 9.97. The predicted molar refractivity (Wildman–Crippen MR) is 98.0 cm³/mol.